The number of benzene rings is 2. The molecule has 0 unspecified atom stereocenters. The summed E-state index contributed by atoms with van der Waals surface area (Å²) in [5.41, 5.74) is 4.03. The van der Waals surface area contributed by atoms with Gasteiger partial charge in [0.05, 0.1) is 6.10 Å². The molecule has 0 saturated carbocycles. The van der Waals surface area contributed by atoms with Crippen molar-refractivity contribution in [2.24, 2.45) is 0 Å². The first-order valence-electron chi connectivity index (χ1n) is 7.62. The standard InChI is InChI=1S/C19H20O2/c1-19(2)20-17-15-11-7-6-10-14(15)16(18(17)21-19)12-13-8-4-3-5-9-13/h3-11,16-18H,12H2,1-2H3/t16-,17-,18+/m1/s1. The Morgan fingerprint density at radius 2 is 1.52 bits per heavy atom. The van der Waals surface area contributed by atoms with Crippen molar-refractivity contribution < 1.29 is 9.47 Å². The van der Waals surface area contributed by atoms with Crippen molar-refractivity contribution in [2.45, 2.75) is 44.2 Å². The van der Waals surface area contributed by atoms with Gasteiger partial charge in [-0.1, -0.05) is 54.6 Å². The van der Waals surface area contributed by atoms with Crippen molar-refractivity contribution in [1.29, 1.82) is 0 Å². The molecule has 0 radical (unpaired) electrons. The van der Waals surface area contributed by atoms with Crippen LogP contribution in [0.3, 0.4) is 0 Å². The fraction of sp³-hybridized carbons (Fsp3) is 0.368. The van der Waals surface area contributed by atoms with Crippen molar-refractivity contribution in [3.05, 3.63) is 71.3 Å². The molecule has 3 atom stereocenters. The Bertz CT molecular complexity index is 648. The SMILES string of the molecule is CC1(C)O[C@H]2[C@H](Cc3ccccc3)c3ccccc3[C@H]2O1. The fourth-order valence-electron chi connectivity index (χ4n) is 3.70. The van der Waals surface area contributed by atoms with Crippen molar-refractivity contribution in [3.8, 4) is 0 Å². The molecule has 2 nitrogen and oxygen atoms in total. The molecule has 108 valence electrons. The second-order valence-corrected chi connectivity index (χ2v) is 6.45. The van der Waals surface area contributed by atoms with Gasteiger partial charge in [0.1, 0.15) is 6.10 Å². The maximum Gasteiger partial charge on any atom is 0.164 e. The molecular formula is C19H20O2. The zero-order valence-electron chi connectivity index (χ0n) is 12.5. The highest BCUT2D eigenvalue weighted by molar-refractivity contribution is 5.41. The van der Waals surface area contributed by atoms with Crippen molar-refractivity contribution in [1.82, 2.24) is 0 Å². The van der Waals surface area contributed by atoms with E-state index in [1.807, 2.05) is 13.8 Å². The molecule has 1 saturated heterocycles. The summed E-state index contributed by atoms with van der Waals surface area (Å²) in [5, 5.41) is 0. The second-order valence-electron chi connectivity index (χ2n) is 6.45. The van der Waals surface area contributed by atoms with Gasteiger partial charge < -0.3 is 9.47 Å². The largest absolute Gasteiger partial charge is 0.344 e. The summed E-state index contributed by atoms with van der Waals surface area (Å²) in [7, 11) is 0. The van der Waals surface area contributed by atoms with Gasteiger partial charge in [-0.2, -0.15) is 0 Å². The quantitative estimate of drug-likeness (QED) is 0.820. The third-order valence-corrected chi connectivity index (χ3v) is 4.53. The molecule has 0 aromatic heterocycles. The highest BCUT2D eigenvalue weighted by atomic mass is 16.8. The molecule has 0 bridgehead atoms. The average Bonchev–Trinajstić information content (AvgIpc) is 2.93. The lowest BCUT2D eigenvalue weighted by Gasteiger charge is -2.23. The van der Waals surface area contributed by atoms with Gasteiger partial charge in [-0.3, -0.25) is 0 Å². The third-order valence-electron chi connectivity index (χ3n) is 4.53. The van der Waals surface area contributed by atoms with Gasteiger partial charge in [0, 0.05) is 5.92 Å². The summed E-state index contributed by atoms with van der Waals surface area (Å²) >= 11 is 0. The minimum Gasteiger partial charge on any atom is -0.344 e. The molecule has 2 heteroatoms. The van der Waals surface area contributed by atoms with Crippen molar-refractivity contribution in [2.75, 3.05) is 0 Å². The van der Waals surface area contributed by atoms with Crippen LogP contribution in [-0.4, -0.2) is 11.9 Å². The van der Waals surface area contributed by atoms with Crippen molar-refractivity contribution in [3.63, 3.8) is 0 Å². The van der Waals surface area contributed by atoms with E-state index >= 15 is 0 Å². The van der Waals surface area contributed by atoms with Crippen LogP contribution in [-0.2, 0) is 15.9 Å². The van der Waals surface area contributed by atoms with E-state index in [4.69, 9.17) is 9.47 Å². The zero-order chi connectivity index (χ0) is 14.4. The molecule has 21 heavy (non-hydrogen) atoms. The summed E-state index contributed by atoms with van der Waals surface area (Å²) in [6.07, 6.45) is 1.20. The van der Waals surface area contributed by atoms with Gasteiger partial charge in [0.15, 0.2) is 5.79 Å². The molecule has 0 N–H and O–H groups in total. The van der Waals surface area contributed by atoms with E-state index in [2.05, 4.69) is 54.6 Å². The highest BCUT2D eigenvalue weighted by Gasteiger charge is 2.51. The highest BCUT2D eigenvalue weighted by Crippen LogP contribution is 2.52. The number of hydrogen-bond donors (Lipinski definition) is 0. The maximum absolute atomic E-state index is 6.22. The van der Waals surface area contributed by atoms with Crippen molar-refractivity contribution >= 4 is 0 Å². The van der Waals surface area contributed by atoms with Crippen LogP contribution >= 0.6 is 0 Å². The van der Waals surface area contributed by atoms with Crippen LogP contribution in [0.1, 0.15) is 42.6 Å². The van der Waals surface area contributed by atoms with E-state index in [9.17, 15) is 0 Å². The first kappa shape index (κ1) is 13.1. The summed E-state index contributed by atoms with van der Waals surface area (Å²) in [4.78, 5) is 0. The average molecular weight is 280 g/mol. The lowest BCUT2D eigenvalue weighted by molar-refractivity contribution is -0.150. The Hall–Kier alpha value is -1.64. The van der Waals surface area contributed by atoms with Crippen LogP contribution in [0, 0.1) is 0 Å². The molecule has 2 aromatic carbocycles. The van der Waals surface area contributed by atoms with Gasteiger partial charge >= 0.3 is 0 Å². The first-order valence-corrected chi connectivity index (χ1v) is 7.62. The lowest BCUT2D eigenvalue weighted by Crippen LogP contribution is -2.25. The second kappa shape index (κ2) is 4.69. The first-order chi connectivity index (χ1) is 10.1. The van der Waals surface area contributed by atoms with Gasteiger partial charge in [-0.25, -0.2) is 0 Å². The van der Waals surface area contributed by atoms with E-state index in [1.165, 1.54) is 16.7 Å². The number of fused-ring (bicyclic) bond motifs is 3. The summed E-state index contributed by atoms with van der Waals surface area (Å²) in [6, 6.07) is 19.3. The monoisotopic (exact) mass is 280 g/mol. The Balaban J connectivity index is 1.72. The Kier molecular flexibility index (Phi) is 2.91. The predicted molar refractivity (Wildman–Crippen MR) is 82.1 cm³/mol. The summed E-state index contributed by atoms with van der Waals surface area (Å²) in [5.74, 6) is -0.118. The van der Waals surface area contributed by atoms with Crippen LogP contribution in [0.5, 0.6) is 0 Å². The van der Waals surface area contributed by atoms with Crippen LogP contribution in [0.15, 0.2) is 54.6 Å². The fourth-order valence-corrected chi connectivity index (χ4v) is 3.70. The molecule has 0 amide bonds. The molecule has 2 aromatic rings. The van der Waals surface area contributed by atoms with Crippen LogP contribution in [0.2, 0.25) is 0 Å². The molecule has 1 aliphatic carbocycles. The van der Waals surface area contributed by atoms with Gasteiger partial charge in [0.2, 0.25) is 0 Å². The van der Waals surface area contributed by atoms with E-state index < -0.39 is 5.79 Å². The molecular weight excluding hydrogens is 260 g/mol. The predicted octanol–water partition coefficient (Wildman–Crippen LogP) is 4.22. The van der Waals surface area contributed by atoms with E-state index in [-0.39, 0.29) is 12.2 Å². The minimum atomic E-state index is -0.488. The summed E-state index contributed by atoms with van der Waals surface area (Å²) < 4.78 is 12.4. The molecule has 1 fully saturated rings. The lowest BCUT2D eigenvalue weighted by atomic mass is 9.92. The normalized spacial score (nSPS) is 29.1. The molecule has 4 rings (SSSR count). The van der Waals surface area contributed by atoms with E-state index in [1.54, 1.807) is 0 Å². The van der Waals surface area contributed by atoms with Crippen LogP contribution in [0.25, 0.3) is 0 Å². The van der Waals surface area contributed by atoms with Gasteiger partial charge in [-0.15, -0.1) is 0 Å². The Labute approximate surface area is 125 Å². The molecule has 1 heterocycles. The van der Waals surface area contributed by atoms with Crippen LogP contribution in [0.4, 0.5) is 0 Å². The number of rotatable bonds is 2. The van der Waals surface area contributed by atoms with E-state index in [0.29, 0.717) is 5.92 Å². The Morgan fingerprint density at radius 3 is 2.29 bits per heavy atom. The topological polar surface area (TPSA) is 18.5 Å². The van der Waals surface area contributed by atoms with E-state index in [0.717, 1.165) is 6.42 Å². The van der Waals surface area contributed by atoms with Gasteiger partial charge in [0.25, 0.3) is 0 Å². The number of ether oxygens (including phenoxy) is 2. The van der Waals surface area contributed by atoms with Crippen LogP contribution < -0.4 is 0 Å². The zero-order valence-corrected chi connectivity index (χ0v) is 12.5. The smallest absolute Gasteiger partial charge is 0.164 e. The number of hydrogen-bond acceptors (Lipinski definition) is 2. The third kappa shape index (κ3) is 2.19. The molecule has 2 aliphatic rings. The molecule has 1 aliphatic heterocycles. The molecule has 0 spiro atoms. The van der Waals surface area contributed by atoms with Gasteiger partial charge in [-0.05, 0) is 37.0 Å². The maximum atomic E-state index is 6.22. The Morgan fingerprint density at radius 1 is 0.857 bits per heavy atom. The summed E-state index contributed by atoms with van der Waals surface area (Å²) in [6.45, 7) is 4.01. The minimum absolute atomic E-state index is 0.0740.